The van der Waals surface area contributed by atoms with Crippen LogP contribution in [0.3, 0.4) is 0 Å². The SMILES string of the molecule is COC(=O)C[C@@H](N)Cc1ccc(Br)cc1. The monoisotopic (exact) mass is 271 g/mol. The van der Waals surface area contributed by atoms with Gasteiger partial charge in [0.15, 0.2) is 0 Å². The van der Waals surface area contributed by atoms with Crippen LogP contribution in [0.5, 0.6) is 0 Å². The third kappa shape index (κ3) is 4.44. The van der Waals surface area contributed by atoms with Gasteiger partial charge in [0.2, 0.25) is 0 Å². The number of benzene rings is 1. The van der Waals surface area contributed by atoms with Gasteiger partial charge in [0.1, 0.15) is 0 Å². The van der Waals surface area contributed by atoms with E-state index >= 15 is 0 Å². The van der Waals surface area contributed by atoms with E-state index in [0.29, 0.717) is 6.42 Å². The van der Waals surface area contributed by atoms with Gasteiger partial charge in [0.25, 0.3) is 0 Å². The van der Waals surface area contributed by atoms with Crippen LogP contribution in [0.25, 0.3) is 0 Å². The molecule has 0 bridgehead atoms. The van der Waals surface area contributed by atoms with Gasteiger partial charge < -0.3 is 10.5 Å². The van der Waals surface area contributed by atoms with E-state index in [0.717, 1.165) is 10.0 Å². The molecule has 4 heteroatoms. The lowest BCUT2D eigenvalue weighted by atomic mass is 10.0. The highest BCUT2D eigenvalue weighted by Crippen LogP contribution is 2.12. The minimum absolute atomic E-state index is 0.182. The van der Waals surface area contributed by atoms with E-state index in [2.05, 4.69) is 20.7 Å². The van der Waals surface area contributed by atoms with Crippen molar-refractivity contribution >= 4 is 21.9 Å². The number of esters is 1. The Morgan fingerprint density at radius 3 is 2.60 bits per heavy atom. The smallest absolute Gasteiger partial charge is 0.307 e. The molecular weight excluding hydrogens is 258 g/mol. The van der Waals surface area contributed by atoms with Crippen LogP contribution in [-0.2, 0) is 16.0 Å². The molecule has 0 aliphatic heterocycles. The van der Waals surface area contributed by atoms with Gasteiger partial charge in [-0.3, -0.25) is 4.79 Å². The van der Waals surface area contributed by atoms with Gasteiger partial charge in [-0.15, -0.1) is 0 Å². The summed E-state index contributed by atoms with van der Waals surface area (Å²) in [6.45, 7) is 0. The Morgan fingerprint density at radius 1 is 1.47 bits per heavy atom. The van der Waals surface area contributed by atoms with Crippen molar-refractivity contribution in [2.45, 2.75) is 18.9 Å². The average molecular weight is 272 g/mol. The van der Waals surface area contributed by atoms with E-state index in [-0.39, 0.29) is 18.4 Å². The van der Waals surface area contributed by atoms with Crippen molar-refractivity contribution in [3.63, 3.8) is 0 Å². The molecule has 0 saturated carbocycles. The number of rotatable bonds is 4. The molecule has 0 saturated heterocycles. The lowest BCUT2D eigenvalue weighted by Crippen LogP contribution is -2.26. The van der Waals surface area contributed by atoms with E-state index < -0.39 is 0 Å². The fourth-order valence-corrected chi connectivity index (χ4v) is 1.56. The molecule has 0 unspecified atom stereocenters. The molecule has 0 aromatic heterocycles. The van der Waals surface area contributed by atoms with Crippen molar-refractivity contribution in [2.24, 2.45) is 5.73 Å². The number of ether oxygens (including phenoxy) is 1. The quantitative estimate of drug-likeness (QED) is 0.851. The van der Waals surface area contributed by atoms with Crippen LogP contribution in [0, 0.1) is 0 Å². The maximum absolute atomic E-state index is 11.0. The van der Waals surface area contributed by atoms with Crippen LogP contribution in [-0.4, -0.2) is 19.1 Å². The summed E-state index contributed by atoms with van der Waals surface area (Å²) in [5.41, 5.74) is 6.93. The minimum Gasteiger partial charge on any atom is -0.469 e. The van der Waals surface area contributed by atoms with Gasteiger partial charge in [-0.1, -0.05) is 28.1 Å². The largest absolute Gasteiger partial charge is 0.469 e. The Balaban J connectivity index is 2.47. The Hall–Kier alpha value is -0.870. The zero-order valence-corrected chi connectivity index (χ0v) is 10.2. The highest BCUT2D eigenvalue weighted by molar-refractivity contribution is 9.10. The van der Waals surface area contributed by atoms with Gasteiger partial charge in [-0.05, 0) is 24.1 Å². The molecule has 1 aromatic carbocycles. The fraction of sp³-hybridized carbons (Fsp3) is 0.364. The minimum atomic E-state index is -0.264. The first kappa shape index (κ1) is 12.2. The molecular formula is C11H14BrNO2. The summed E-state index contributed by atoms with van der Waals surface area (Å²) in [4.78, 5) is 11.0. The second-order valence-electron chi connectivity index (χ2n) is 3.37. The molecule has 15 heavy (non-hydrogen) atoms. The summed E-state index contributed by atoms with van der Waals surface area (Å²) in [6.07, 6.45) is 0.939. The topological polar surface area (TPSA) is 52.3 Å². The Bertz CT molecular complexity index is 324. The molecule has 0 amide bonds. The Labute approximate surface area is 97.7 Å². The van der Waals surface area contributed by atoms with Crippen molar-refractivity contribution in [3.8, 4) is 0 Å². The van der Waals surface area contributed by atoms with Crippen molar-refractivity contribution in [1.29, 1.82) is 0 Å². The maximum atomic E-state index is 11.0. The highest BCUT2D eigenvalue weighted by atomic mass is 79.9. The van der Waals surface area contributed by atoms with Crippen LogP contribution in [0.15, 0.2) is 28.7 Å². The second kappa shape index (κ2) is 5.88. The van der Waals surface area contributed by atoms with Crippen molar-refractivity contribution in [3.05, 3.63) is 34.3 Å². The van der Waals surface area contributed by atoms with Gasteiger partial charge in [-0.25, -0.2) is 0 Å². The molecule has 0 spiro atoms. The van der Waals surface area contributed by atoms with Crippen LogP contribution < -0.4 is 5.73 Å². The molecule has 2 N–H and O–H groups in total. The summed E-state index contributed by atoms with van der Waals surface area (Å²) in [5.74, 6) is -0.264. The van der Waals surface area contributed by atoms with E-state index in [4.69, 9.17) is 5.73 Å². The van der Waals surface area contributed by atoms with Gasteiger partial charge in [0.05, 0.1) is 13.5 Å². The fourth-order valence-electron chi connectivity index (χ4n) is 1.29. The summed E-state index contributed by atoms with van der Waals surface area (Å²) >= 11 is 3.36. The number of methoxy groups -OCH3 is 1. The van der Waals surface area contributed by atoms with Gasteiger partial charge in [-0.2, -0.15) is 0 Å². The summed E-state index contributed by atoms with van der Waals surface area (Å²) in [5, 5.41) is 0. The zero-order chi connectivity index (χ0) is 11.3. The average Bonchev–Trinajstić information content (AvgIpc) is 2.21. The van der Waals surface area contributed by atoms with Crippen LogP contribution >= 0.6 is 15.9 Å². The third-order valence-corrected chi connectivity index (χ3v) is 2.60. The molecule has 0 radical (unpaired) electrons. The summed E-state index contributed by atoms with van der Waals surface area (Å²) in [6, 6.07) is 7.71. The molecule has 1 aromatic rings. The van der Waals surface area contributed by atoms with E-state index in [9.17, 15) is 4.79 Å². The standard InChI is InChI=1S/C11H14BrNO2/c1-15-11(14)7-10(13)6-8-2-4-9(12)5-3-8/h2-5,10H,6-7,13H2,1H3/t10-/m0/s1. The summed E-state index contributed by atoms with van der Waals surface area (Å²) < 4.78 is 5.59. The van der Waals surface area contributed by atoms with E-state index in [1.54, 1.807) is 0 Å². The zero-order valence-electron chi connectivity index (χ0n) is 8.57. The number of carbonyl (C=O) groups is 1. The second-order valence-corrected chi connectivity index (χ2v) is 4.29. The van der Waals surface area contributed by atoms with Crippen LogP contribution in [0.4, 0.5) is 0 Å². The number of hydrogen-bond acceptors (Lipinski definition) is 3. The number of hydrogen-bond donors (Lipinski definition) is 1. The predicted molar refractivity (Wildman–Crippen MR) is 62.5 cm³/mol. The molecule has 0 aliphatic carbocycles. The molecule has 1 atom stereocenters. The molecule has 1 rings (SSSR count). The van der Waals surface area contributed by atoms with Crippen molar-refractivity contribution < 1.29 is 9.53 Å². The van der Waals surface area contributed by atoms with Gasteiger partial charge >= 0.3 is 5.97 Å². The van der Waals surface area contributed by atoms with E-state index in [1.807, 2.05) is 24.3 Å². The number of halogens is 1. The van der Waals surface area contributed by atoms with Crippen LogP contribution in [0.1, 0.15) is 12.0 Å². The molecule has 0 aliphatic rings. The predicted octanol–water partition coefficient (Wildman–Crippen LogP) is 1.88. The van der Waals surface area contributed by atoms with Crippen LogP contribution in [0.2, 0.25) is 0 Å². The van der Waals surface area contributed by atoms with Crippen molar-refractivity contribution in [1.82, 2.24) is 0 Å². The highest BCUT2D eigenvalue weighted by Gasteiger charge is 2.09. The lowest BCUT2D eigenvalue weighted by Gasteiger charge is -2.09. The normalized spacial score (nSPS) is 12.2. The molecule has 0 fully saturated rings. The van der Waals surface area contributed by atoms with Crippen molar-refractivity contribution in [2.75, 3.05) is 7.11 Å². The maximum Gasteiger partial charge on any atom is 0.307 e. The van der Waals surface area contributed by atoms with E-state index in [1.165, 1.54) is 7.11 Å². The molecule has 3 nitrogen and oxygen atoms in total. The first-order chi connectivity index (χ1) is 7.11. The number of nitrogens with two attached hydrogens (primary N) is 1. The molecule has 82 valence electrons. The molecule has 0 heterocycles. The first-order valence-corrected chi connectivity index (χ1v) is 5.48. The summed E-state index contributed by atoms with van der Waals surface area (Å²) in [7, 11) is 1.37. The third-order valence-electron chi connectivity index (χ3n) is 2.07. The first-order valence-electron chi connectivity index (χ1n) is 4.68. The Morgan fingerprint density at radius 2 is 2.07 bits per heavy atom. The Kier molecular flexibility index (Phi) is 4.78. The lowest BCUT2D eigenvalue weighted by molar-refractivity contribution is -0.140. The number of carbonyl (C=O) groups excluding carboxylic acids is 1. The van der Waals surface area contributed by atoms with Gasteiger partial charge in [0, 0.05) is 10.5 Å².